The second kappa shape index (κ2) is 5.94. The lowest BCUT2D eigenvalue weighted by Gasteiger charge is -2.25. The second-order valence-electron chi connectivity index (χ2n) is 5.06. The molecular formula is C12H23N3S. The second-order valence-corrected chi connectivity index (χ2v) is 5.58. The van der Waals surface area contributed by atoms with Gasteiger partial charge in [0.25, 0.3) is 0 Å². The molecule has 2 rings (SSSR count). The van der Waals surface area contributed by atoms with Gasteiger partial charge in [0.15, 0.2) is 0 Å². The zero-order valence-corrected chi connectivity index (χ0v) is 10.8. The Morgan fingerprint density at radius 1 is 1.25 bits per heavy atom. The van der Waals surface area contributed by atoms with Gasteiger partial charge in [0.1, 0.15) is 0 Å². The highest BCUT2D eigenvalue weighted by molar-refractivity contribution is 7.80. The summed E-state index contributed by atoms with van der Waals surface area (Å²) in [5.74, 6) is 0. The van der Waals surface area contributed by atoms with Crippen LogP contribution >= 0.6 is 12.2 Å². The summed E-state index contributed by atoms with van der Waals surface area (Å²) >= 11 is 4.91. The van der Waals surface area contributed by atoms with E-state index in [1.54, 1.807) is 0 Å². The first-order valence-corrected chi connectivity index (χ1v) is 6.91. The first-order valence-electron chi connectivity index (χ1n) is 6.50. The highest BCUT2D eigenvalue weighted by atomic mass is 32.1. The molecule has 0 saturated carbocycles. The average Bonchev–Trinajstić information content (AvgIpc) is 2.57. The normalized spacial score (nSPS) is 27.6. The van der Waals surface area contributed by atoms with Crippen molar-refractivity contribution >= 4 is 17.2 Å². The van der Waals surface area contributed by atoms with Crippen molar-refractivity contribution in [2.24, 2.45) is 5.73 Å². The Labute approximate surface area is 104 Å². The van der Waals surface area contributed by atoms with Crippen molar-refractivity contribution in [3.63, 3.8) is 0 Å². The van der Waals surface area contributed by atoms with Crippen LogP contribution in [0.5, 0.6) is 0 Å². The van der Waals surface area contributed by atoms with E-state index < -0.39 is 0 Å². The predicted octanol–water partition coefficient (Wildman–Crippen LogP) is 1.22. The van der Waals surface area contributed by atoms with Crippen LogP contribution in [-0.4, -0.2) is 53.6 Å². The van der Waals surface area contributed by atoms with Gasteiger partial charge >= 0.3 is 0 Å². The van der Waals surface area contributed by atoms with Gasteiger partial charge in [0.2, 0.25) is 0 Å². The van der Waals surface area contributed by atoms with E-state index in [0.717, 1.165) is 18.9 Å². The van der Waals surface area contributed by atoms with Crippen molar-refractivity contribution in [1.29, 1.82) is 0 Å². The van der Waals surface area contributed by atoms with Crippen molar-refractivity contribution in [2.45, 2.75) is 38.1 Å². The SMILES string of the molecule is NC(=S)CCCN1CCCN2CCCC2C1. The summed E-state index contributed by atoms with van der Waals surface area (Å²) in [6, 6.07) is 0.826. The molecular weight excluding hydrogens is 218 g/mol. The molecule has 1 atom stereocenters. The number of nitrogens with zero attached hydrogens (tertiary/aromatic N) is 2. The Bertz CT molecular complexity index is 244. The van der Waals surface area contributed by atoms with Crippen LogP contribution in [0.15, 0.2) is 0 Å². The van der Waals surface area contributed by atoms with E-state index in [0.29, 0.717) is 4.99 Å². The third-order valence-electron chi connectivity index (χ3n) is 3.79. The van der Waals surface area contributed by atoms with Gasteiger partial charge in [0.05, 0.1) is 4.99 Å². The van der Waals surface area contributed by atoms with Gasteiger partial charge in [-0.2, -0.15) is 0 Å². The lowest BCUT2D eigenvalue weighted by molar-refractivity contribution is 0.219. The maximum atomic E-state index is 5.53. The molecule has 4 heteroatoms. The minimum atomic E-state index is 0.664. The van der Waals surface area contributed by atoms with Crippen molar-refractivity contribution in [1.82, 2.24) is 9.80 Å². The van der Waals surface area contributed by atoms with Crippen LogP contribution in [-0.2, 0) is 0 Å². The lowest BCUT2D eigenvalue weighted by Crippen LogP contribution is -2.37. The third kappa shape index (κ3) is 3.40. The molecule has 1 unspecified atom stereocenters. The number of thiocarbonyl (C=S) groups is 1. The quantitative estimate of drug-likeness (QED) is 0.750. The summed E-state index contributed by atoms with van der Waals surface area (Å²) in [6.07, 6.45) is 6.14. The van der Waals surface area contributed by atoms with Crippen LogP contribution in [0.25, 0.3) is 0 Å². The van der Waals surface area contributed by atoms with Crippen LogP contribution in [0.4, 0.5) is 0 Å². The average molecular weight is 241 g/mol. The molecule has 0 spiro atoms. The Hall–Kier alpha value is -0.190. The molecule has 2 aliphatic heterocycles. The zero-order chi connectivity index (χ0) is 11.4. The number of hydrogen-bond donors (Lipinski definition) is 1. The Balaban J connectivity index is 1.75. The number of nitrogens with two attached hydrogens (primary N) is 1. The van der Waals surface area contributed by atoms with Crippen LogP contribution < -0.4 is 5.73 Å². The van der Waals surface area contributed by atoms with E-state index in [9.17, 15) is 0 Å². The molecule has 0 amide bonds. The molecule has 92 valence electrons. The molecule has 2 aliphatic rings. The maximum absolute atomic E-state index is 5.53. The smallest absolute Gasteiger partial charge is 0.0727 e. The van der Waals surface area contributed by atoms with Crippen molar-refractivity contribution < 1.29 is 0 Å². The molecule has 3 nitrogen and oxygen atoms in total. The van der Waals surface area contributed by atoms with Crippen molar-refractivity contribution in [3.8, 4) is 0 Å². The largest absolute Gasteiger partial charge is 0.393 e. The van der Waals surface area contributed by atoms with E-state index in [-0.39, 0.29) is 0 Å². The molecule has 0 aromatic heterocycles. The Kier molecular flexibility index (Phi) is 4.55. The van der Waals surface area contributed by atoms with E-state index in [4.69, 9.17) is 18.0 Å². The number of hydrogen-bond acceptors (Lipinski definition) is 3. The van der Waals surface area contributed by atoms with Crippen LogP contribution in [0.3, 0.4) is 0 Å². The maximum Gasteiger partial charge on any atom is 0.0727 e. The van der Waals surface area contributed by atoms with Crippen LogP contribution in [0.1, 0.15) is 32.1 Å². The molecule has 0 bridgehead atoms. The van der Waals surface area contributed by atoms with Crippen LogP contribution in [0.2, 0.25) is 0 Å². The molecule has 16 heavy (non-hydrogen) atoms. The lowest BCUT2D eigenvalue weighted by atomic mass is 10.2. The fraction of sp³-hybridized carbons (Fsp3) is 0.917. The van der Waals surface area contributed by atoms with E-state index in [1.807, 2.05) is 0 Å². The number of fused-ring (bicyclic) bond motifs is 1. The molecule has 0 radical (unpaired) electrons. The Morgan fingerprint density at radius 2 is 2.06 bits per heavy atom. The summed E-state index contributed by atoms with van der Waals surface area (Å²) in [7, 11) is 0. The molecule has 2 N–H and O–H groups in total. The topological polar surface area (TPSA) is 32.5 Å². The Morgan fingerprint density at radius 3 is 2.88 bits per heavy atom. The summed E-state index contributed by atoms with van der Waals surface area (Å²) < 4.78 is 0. The van der Waals surface area contributed by atoms with Gasteiger partial charge in [-0.25, -0.2) is 0 Å². The highest BCUT2D eigenvalue weighted by Gasteiger charge is 2.28. The minimum absolute atomic E-state index is 0.664. The first-order chi connectivity index (χ1) is 7.75. The minimum Gasteiger partial charge on any atom is -0.393 e. The predicted molar refractivity (Wildman–Crippen MR) is 71.7 cm³/mol. The molecule has 2 heterocycles. The van der Waals surface area contributed by atoms with E-state index in [1.165, 1.54) is 52.0 Å². The van der Waals surface area contributed by atoms with Crippen LogP contribution in [0, 0.1) is 0 Å². The molecule has 0 aromatic carbocycles. The van der Waals surface area contributed by atoms with Gasteiger partial charge in [-0.3, -0.25) is 4.90 Å². The fourth-order valence-corrected chi connectivity index (χ4v) is 3.11. The van der Waals surface area contributed by atoms with E-state index in [2.05, 4.69) is 9.80 Å². The van der Waals surface area contributed by atoms with Gasteiger partial charge in [-0.05, 0) is 58.3 Å². The van der Waals surface area contributed by atoms with Gasteiger partial charge in [-0.1, -0.05) is 12.2 Å². The standard InChI is InChI=1S/C12H23N3S/c13-12(16)5-2-6-14-7-3-9-15-8-1-4-11(15)10-14/h11H,1-10H2,(H2,13,16). The van der Waals surface area contributed by atoms with Crippen molar-refractivity contribution in [3.05, 3.63) is 0 Å². The monoisotopic (exact) mass is 241 g/mol. The van der Waals surface area contributed by atoms with Gasteiger partial charge in [-0.15, -0.1) is 0 Å². The summed E-state index contributed by atoms with van der Waals surface area (Å²) in [5.41, 5.74) is 5.53. The van der Waals surface area contributed by atoms with E-state index >= 15 is 0 Å². The highest BCUT2D eigenvalue weighted by Crippen LogP contribution is 2.21. The summed E-state index contributed by atoms with van der Waals surface area (Å²) in [4.78, 5) is 5.94. The molecule has 0 aromatic rings. The molecule has 2 fully saturated rings. The molecule has 0 aliphatic carbocycles. The van der Waals surface area contributed by atoms with Gasteiger partial charge < -0.3 is 10.6 Å². The fourth-order valence-electron chi connectivity index (χ4n) is 2.96. The summed E-state index contributed by atoms with van der Waals surface area (Å²) in [6.45, 7) is 6.31. The number of rotatable bonds is 4. The zero-order valence-electron chi connectivity index (χ0n) is 10.0. The van der Waals surface area contributed by atoms with Gasteiger partial charge in [0, 0.05) is 12.6 Å². The summed E-state index contributed by atoms with van der Waals surface area (Å²) in [5, 5.41) is 0. The van der Waals surface area contributed by atoms with Crippen molar-refractivity contribution in [2.75, 3.05) is 32.7 Å². The first kappa shape index (κ1) is 12.3. The molecule has 2 saturated heterocycles. The third-order valence-corrected chi connectivity index (χ3v) is 3.99.